The van der Waals surface area contributed by atoms with Crippen LogP contribution in [-0.2, 0) is 4.79 Å². The number of rotatable bonds is 7. The van der Waals surface area contributed by atoms with Crippen molar-refractivity contribution in [2.24, 2.45) is 34.5 Å². The van der Waals surface area contributed by atoms with Crippen molar-refractivity contribution in [1.29, 1.82) is 0 Å². The average Bonchev–Trinajstić information content (AvgIpc) is 3.13. The molecular formula is C21H26O. The van der Waals surface area contributed by atoms with Crippen LogP contribution < -0.4 is 0 Å². The van der Waals surface area contributed by atoms with Gasteiger partial charge in [-0.2, -0.15) is 0 Å². The summed E-state index contributed by atoms with van der Waals surface area (Å²) in [7, 11) is 0. The van der Waals surface area contributed by atoms with Crippen LogP contribution in [0.4, 0.5) is 0 Å². The second kappa shape index (κ2) is 5.22. The fourth-order valence-corrected chi connectivity index (χ4v) is 5.92. The maximum Gasteiger partial charge on any atom is 0.147 e. The summed E-state index contributed by atoms with van der Waals surface area (Å²) in [5.74, 6) is 1.85. The molecule has 0 aromatic carbocycles. The van der Waals surface area contributed by atoms with Crippen molar-refractivity contribution in [2.75, 3.05) is 0 Å². The van der Waals surface area contributed by atoms with Crippen LogP contribution in [0, 0.1) is 34.5 Å². The fraction of sp³-hybridized carbons (Fsp3) is 0.476. The predicted molar refractivity (Wildman–Crippen MR) is 92.2 cm³/mol. The summed E-state index contributed by atoms with van der Waals surface area (Å²) < 4.78 is 0. The highest BCUT2D eigenvalue weighted by atomic mass is 16.1. The van der Waals surface area contributed by atoms with Gasteiger partial charge in [0.15, 0.2) is 0 Å². The van der Waals surface area contributed by atoms with Gasteiger partial charge in [-0.3, -0.25) is 4.79 Å². The van der Waals surface area contributed by atoms with Gasteiger partial charge in [0.25, 0.3) is 0 Å². The summed E-state index contributed by atoms with van der Waals surface area (Å²) in [6, 6.07) is 0. The Balaban J connectivity index is 2.19. The molecule has 116 valence electrons. The van der Waals surface area contributed by atoms with Gasteiger partial charge in [-0.05, 0) is 49.4 Å². The number of carbonyl (C=O) groups is 1. The van der Waals surface area contributed by atoms with E-state index in [1.807, 2.05) is 24.3 Å². The van der Waals surface area contributed by atoms with Crippen LogP contribution in [0.25, 0.3) is 0 Å². The van der Waals surface area contributed by atoms with Gasteiger partial charge in [0, 0.05) is 10.8 Å². The molecule has 1 heteroatoms. The maximum atomic E-state index is 13.7. The molecule has 0 aromatic heterocycles. The Morgan fingerprint density at radius 1 is 1.05 bits per heavy atom. The molecule has 0 heterocycles. The van der Waals surface area contributed by atoms with Gasteiger partial charge in [-0.1, -0.05) is 36.5 Å². The summed E-state index contributed by atoms with van der Waals surface area (Å²) in [5.41, 5.74) is -0.673. The summed E-state index contributed by atoms with van der Waals surface area (Å²) in [5, 5.41) is 0. The highest BCUT2D eigenvalue weighted by Gasteiger charge is 2.72. The molecule has 2 unspecified atom stereocenters. The van der Waals surface area contributed by atoms with E-state index in [9.17, 15) is 4.79 Å². The monoisotopic (exact) mass is 294 g/mol. The van der Waals surface area contributed by atoms with Gasteiger partial charge in [-0.15, -0.1) is 26.3 Å². The van der Waals surface area contributed by atoms with E-state index in [0.29, 0.717) is 36.4 Å². The molecule has 2 bridgehead atoms. The van der Waals surface area contributed by atoms with Crippen LogP contribution in [-0.4, -0.2) is 5.78 Å². The zero-order valence-corrected chi connectivity index (χ0v) is 13.3. The molecule has 0 N–H and O–H groups in total. The van der Waals surface area contributed by atoms with E-state index < -0.39 is 5.41 Å². The highest BCUT2D eigenvalue weighted by molar-refractivity contribution is 5.95. The van der Waals surface area contributed by atoms with Crippen LogP contribution in [0.15, 0.2) is 62.8 Å². The molecule has 0 radical (unpaired) electrons. The summed E-state index contributed by atoms with van der Waals surface area (Å²) in [6.07, 6.45) is 15.7. The number of hydrogen-bond acceptors (Lipinski definition) is 1. The Bertz CT molecular complexity index is 556. The molecule has 22 heavy (non-hydrogen) atoms. The molecule has 2 saturated carbocycles. The van der Waals surface area contributed by atoms with Crippen molar-refractivity contribution in [3.8, 4) is 0 Å². The van der Waals surface area contributed by atoms with Gasteiger partial charge in [0.2, 0.25) is 0 Å². The van der Waals surface area contributed by atoms with E-state index >= 15 is 0 Å². The van der Waals surface area contributed by atoms with Crippen molar-refractivity contribution < 1.29 is 4.79 Å². The first-order chi connectivity index (χ1) is 10.6. The third kappa shape index (κ3) is 1.57. The molecule has 0 amide bonds. The number of ketones is 1. The highest BCUT2D eigenvalue weighted by Crippen LogP contribution is 2.71. The first-order valence-corrected chi connectivity index (χ1v) is 8.31. The Kier molecular flexibility index (Phi) is 3.63. The minimum atomic E-state index is -0.401. The van der Waals surface area contributed by atoms with Crippen LogP contribution in [0.5, 0.6) is 0 Å². The van der Waals surface area contributed by atoms with Crippen molar-refractivity contribution in [2.45, 2.75) is 25.7 Å². The van der Waals surface area contributed by atoms with Gasteiger partial charge in [0.05, 0.1) is 0 Å². The minimum Gasteiger partial charge on any atom is -0.298 e. The number of fused-ring (bicyclic) bond motifs is 5. The van der Waals surface area contributed by atoms with Crippen LogP contribution in [0.1, 0.15) is 25.7 Å². The van der Waals surface area contributed by atoms with Crippen molar-refractivity contribution in [3.05, 3.63) is 62.8 Å². The summed E-state index contributed by atoms with van der Waals surface area (Å²) >= 11 is 0. The predicted octanol–water partition coefficient (Wildman–Crippen LogP) is 4.89. The van der Waals surface area contributed by atoms with Crippen molar-refractivity contribution in [1.82, 2.24) is 0 Å². The van der Waals surface area contributed by atoms with Gasteiger partial charge >= 0.3 is 0 Å². The van der Waals surface area contributed by atoms with E-state index in [-0.39, 0.29) is 11.3 Å². The van der Waals surface area contributed by atoms with E-state index in [1.54, 1.807) is 0 Å². The molecular weight excluding hydrogens is 268 g/mol. The second-order valence-corrected chi connectivity index (χ2v) is 7.18. The summed E-state index contributed by atoms with van der Waals surface area (Å²) in [6.45, 7) is 15.9. The van der Waals surface area contributed by atoms with E-state index in [4.69, 9.17) is 0 Å². The first kappa shape index (κ1) is 15.3. The Labute approximate surface area is 134 Å². The third-order valence-corrected chi connectivity index (χ3v) is 6.49. The molecule has 3 aliphatic carbocycles. The second-order valence-electron chi connectivity index (χ2n) is 7.18. The zero-order valence-electron chi connectivity index (χ0n) is 13.3. The van der Waals surface area contributed by atoms with Gasteiger partial charge in [0.1, 0.15) is 5.78 Å². The number of allylic oxidation sites excluding steroid dienone is 6. The molecule has 3 aliphatic rings. The number of carbonyl (C=O) groups excluding carboxylic acids is 1. The fourth-order valence-electron chi connectivity index (χ4n) is 5.92. The number of hydrogen-bond donors (Lipinski definition) is 0. The Hall–Kier alpha value is -1.63. The summed E-state index contributed by atoms with van der Waals surface area (Å²) in [4.78, 5) is 13.7. The Morgan fingerprint density at radius 2 is 1.68 bits per heavy atom. The van der Waals surface area contributed by atoms with Crippen LogP contribution in [0.2, 0.25) is 0 Å². The van der Waals surface area contributed by atoms with E-state index in [1.165, 1.54) is 0 Å². The molecule has 3 rings (SSSR count). The molecule has 0 spiro atoms. The smallest absolute Gasteiger partial charge is 0.147 e. The van der Waals surface area contributed by atoms with Crippen LogP contribution >= 0.6 is 0 Å². The maximum absolute atomic E-state index is 13.7. The van der Waals surface area contributed by atoms with Crippen molar-refractivity contribution >= 4 is 5.78 Å². The topological polar surface area (TPSA) is 17.1 Å². The molecule has 2 fully saturated rings. The molecule has 0 aliphatic heterocycles. The van der Waals surface area contributed by atoms with E-state index in [0.717, 1.165) is 12.8 Å². The van der Waals surface area contributed by atoms with Crippen molar-refractivity contribution in [3.63, 3.8) is 0 Å². The lowest BCUT2D eigenvalue weighted by molar-refractivity contribution is -0.136. The quantitative estimate of drug-likeness (QED) is 0.611. The minimum absolute atomic E-state index is 0.205. The molecule has 1 nitrogen and oxygen atoms in total. The lowest BCUT2D eigenvalue weighted by Crippen LogP contribution is -2.40. The molecule has 0 saturated heterocycles. The first-order valence-electron chi connectivity index (χ1n) is 8.31. The Morgan fingerprint density at radius 3 is 2.23 bits per heavy atom. The van der Waals surface area contributed by atoms with Crippen LogP contribution in [0.3, 0.4) is 0 Å². The largest absolute Gasteiger partial charge is 0.298 e. The molecule has 0 aromatic rings. The standard InChI is InChI=1S/C21H26O/c1-5-11-20(12-6-2)17(8-4)18-15-9-10-16(14-15)21(18,13-7-3)19(20)22/h5-10,15-18H,1-4,11-14H2/t15?,16?,17-,18-,21-/m0/s1. The van der Waals surface area contributed by atoms with Gasteiger partial charge < -0.3 is 0 Å². The third-order valence-electron chi connectivity index (χ3n) is 6.49. The van der Waals surface area contributed by atoms with Gasteiger partial charge in [-0.25, -0.2) is 0 Å². The van der Waals surface area contributed by atoms with E-state index in [2.05, 4.69) is 38.5 Å². The SMILES string of the molecule is C=CCC1(CC=C)C(=O)[C@@]2(CC=C)C3C=CC(C3)[C@H]2[C@@H]1C=C. The lowest BCUT2D eigenvalue weighted by atomic mass is 9.66. The lowest BCUT2D eigenvalue weighted by Gasteiger charge is -2.35. The zero-order chi connectivity index (χ0) is 16.0. The normalized spacial score (nSPS) is 40.5. The number of Topliss-reactive ketones (excluding diaryl/α,β-unsaturated/α-hetero) is 1. The average molecular weight is 294 g/mol. The molecule has 5 atom stereocenters.